The van der Waals surface area contributed by atoms with E-state index in [9.17, 15) is 13.2 Å². The number of nitrogens with zero attached hydrogens (tertiary/aromatic N) is 2. The molecule has 5 nitrogen and oxygen atoms in total. The van der Waals surface area contributed by atoms with Crippen LogP contribution in [0, 0.1) is 0 Å². The smallest absolute Gasteiger partial charge is 0.253 e. The Balaban J connectivity index is 1.37. The molecule has 1 aliphatic heterocycles. The quantitative estimate of drug-likeness (QED) is 0.610. The molecule has 0 unspecified atom stereocenters. The van der Waals surface area contributed by atoms with E-state index in [1.165, 1.54) is 9.71 Å². The Morgan fingerprint density at radius 2 is 1.26 bits per heavy atom. The van der Waals surface area contributed by atoms with Gasteiger partial charge in [0.1, 0.15) is 0 Å². The number of carbonyl (C=O) groups excluding carboxylic acids is 1. The average molecular weight is 433 g/mol. The molecule has 1 amide bonds. The fourth-order valence-electron chi connectivity index (χ4n) is 3.58. The molecular formula is C25H24N2O3S. The molecule has 3 aromatic rings. The van der Waals surface area contributed by atoms with E-state index in [0.717, 1.165) is 16.7 Å². The normalized spacial score (nSPS) is 15.3. The first kappa shape index (κ1) is 21.0. The topological polar surface area (TPSA) is 57.7 Å². The minimum Gasteiger partial charge on any atom is -0.336 e. The van der Waals surface area contributed by atoms with Crippen LogP contribution >= 0.6 is 0 Å². The van der Waals surface area contributed by atoms with Crippen molar-refractivity contribution in [2.45, 2.75) is 0 Å². The summed E-state index contributed by atoms with van der Waals surface area (Å²) in [5.41, 5.74) is 3.60. The van der Waals surface area contributed by atoms with E-state index in [4.69, 9.17) is 0 Å². The highest BCUT2D eigenvalue weighted by Crippen LogP contribution is 2.20. The van der Waals surface area contributed by atoms with E-state index < -0.39 is 10.0 Å². The molecule has 0 N–H and O–H groups in total. The molecule has 0 atom stereocenters. The first-order valence-electron chi connectivity index (χ1n) is 10.2. The Kier molecular flexibility index (Phi) is 6.30. The second-order valence-electron chi connectivity index (χ2n) is 7.39. The monoisotopic (exact) mass is 432 g/mol. The maximum absolute atomic E-state index is 12.9. The summed E-state index contributed by atoms with van der Waals surface area (Å²) in [4.78, 5) is 14.6. The number of piperazine rings is 1. The van der Waals surface area contributed by atoms with E-state index in [1.807, 2.05) is 84.9 Å². The molecule has 0 bridgehead atoms. The molecule has 6 heteroatoms. The predicted molar refractivity (Wildman–Crippen MR) is 124 cm³/mol. The van der Waals surface area contributed by atoms with Crippen LogP contribution in [0.3, 0.4) is 0 Å². The van der Waals surface area contributed by atoms with Gasteiger partial charge in [0.25, 0.3) is 5.91 Å². The van der Waals surface area contributed by atoms with Gasteiger partial charge in [-0.25, -0.2) is 8.42 Å². The largest absolute Gasteiger partial charge is 0.336 e. The highest BCUT2D eigenvalue weighted by Gasteiger charge is 2.27. The van der Waals surface area contributed by atoms with Crippen molar-refractivity contribution >= 4 is 22.0 Å². The summed E-state index contributed by atoms with van der Waals surface area (Å²) in [6.45, 7) is 1.32. The van der Waals surface area contributed by atoms with Crippen LogP contribution in [-0.4, -0.2) is 49.7 Å². The van der Waals surface area contributed by atoms with Crippen molar-refractivity contribution in [1.29, 1.82) is 0 Å². The summed E-state index contributed by atoms with van der Waals surface area (Å²) in [5, 5.41) is 1.24. The van der Waals surface area contributed by atoms with Crippen LogP contribution in [0.1, 0.15) is 15.9 Å². The molecule has 0 saturated carbocycles. The zero-order valence-electron chi connectivity index (χ0n) is 17.1. The Hall–Kier alpha value is -3.22. The zero-order chi connectivity index (χ0) is 21.7. The number of benzene rings is 3. The number of hydrogen-bond donors (Lipinski definition) is 0. The van der Waals surface area contributed by atoms with E-state index in [0.29, 0.717) is 18.7 Å². The van der Waals surface area contributed by atoms with Crippen molar-refractivity contribution < 1.29 is 13.2 Å². The Morgan fingerprint density at radius 3 is 1.87 bits per heavy atom. The third-order valence-corrected chi connectivity index (χ3v) is 6.92. The summed E-state index contributed by atoms with van der Waals surface area (Å²) in [6, 6.07) is 26.9. The molecule has 1 aliphatic rings. The van der Waals surface area contributed by atoms with Gasteiger partial charge < -0.3 is 4.90 Å². The summed E-state index contributed by atoms with van der Waals surface area (Å²) >= 11 is 0. The molecule has 158 valence electrons. The van der Waals surface area contributed by atoms with Gasteiger partial charge in [0.15, 0.2) is 0 Å². The lowest BCUT2D eigenvalue weighted by molar-refractivity contribution is 0.0698. The van der Waals surface area contributed by atoms with E-state index >= 15 is 0 Å². The lowest BCUT2D eigenvalue weighted by Gasteiger charge is -2.33. The molecule has 4 rings (SSSR count). The molecular weight excluding hydrogens is 408 g/mol. The van der Waals surface area contributed by atoms with Crippen molar-refractivity contribution in [2.24, 2.45) is 0 Å². The summed E-state index contributed by atoms with van der Waals surface area (Å²) in [6.07, 6.45) is 1.60. The van der Waals surface area contributed by atoms with E-state index in [1.54, 1.807) is 11.0 Å². The third kappa shape index (κ3) is 5.10. The number of carbonyl (C=O) groups is 1. The first-order valence-corrected chi connectivity index (χ1v) is 11.7. The van der Waals surface area contributed by atoms with Gasteiger partial charge in [-0.05, 0) is 34.9 Å². The fraction of sp³-hybridized carbons (Fsp3) is 0.160. The van der Waals surface area contributed by atoms with Crippen molar-refractivity contribution in [3.8, 4) is 11.1 Å². The van der Waals surface area contributed by atoms with Gasteiger partial charge in [-0.15, -0.1) is 0 Å². The molecule has 1 saturated heterocycles. The van der Waals surface area contributed by atoms with Crippen LogP contribution in [0.5, 0.6) is 0 Å². The molecule has 1 heterocycles. The van der Waals surface area contributed by atoms with Gasteiger partial charge in [0.05, 0.1) is 0 Å². The molecule has 0 radical (unpaired) electrons. The molecule has 31 heavy (non-hydrogen) atoms. The highest BCUT2D eigenvalue weighted by molar-refractivity contribution is 7.92. The molecule has 0 spiro atoms. The van der Waals surface area contributed by atoms with Gasteiger partial charge in [0, 0.05) is 37.2 Å². The van der Waals surface area contributed by atoms with Crippen LogP contribution in [0.4, 0.5) is 0 Å². The van der Waals surface area contributed by atoms with Crippen molar-refractivity contribution in [3.05, 3.63) is 101 Å². The van der Waals surface area contributed by atoms with Crippen LogP contribution in [-0.2, 0) is 10.0 Å². The van der Waals surface area contributed by atoms with Crippen LogP contribution in [0.25, 0.3) is 17.2 Å². The van der Waals surface area contributed by atoms with Crippen LogP contribution in [0.2, 0.25) is 0 Å². The standard InChI is InChI=1S/C25H24N2O3S/c28-25(24-13-11-23(12-14-24)22-9-5-2-6-10-22)26-16-18-27(19-17-26)31(29,30)20-15-21-7-3-1-4-8-21/h1-15,20H,16-19H2. The summed E-state index contributed by atoms with van der Waals surface area (Å²) in [5.74, 6) is -0.0727. The summed E-state index contributed by atoms with van der Waals surface area (Å²) in [7, 11) is -3.52. The Bertz CT molecular complexity index is 1150. The maximum Gasteiger partial charge on any atom is 0.253 e. The Labute approximate surface area is 183 Å². The summed E-state index contributed by atoms with van der Waals surface area (Å²) < 4.78 is 26.7. The maximum atomic E-state index is 12.9. The minimum absolute atomic E-state index is 0.0727. The fourth-order valence-corrected chi connectivity index (χ4v) is 4.75. The lowest BCUT2D eigenvalue weighted by Crippen LogP contribution is -2.50. The third-order valence-electron chi connectivity index (χ3n) is 5.36. The van der Waals surface area contributed by atoms with Gasteiger partial charge in [-0.2, -0.15) is 4.31 Å². The predicted octanol–water partition coefficient (Wildman–Crippen LogP) is 4.11. The second kappa shape index (κ2) is 9.29. The molecule has 1 fully saturated rings. The molecule has 0 aliphatic carbocycles. The SMILES string of the molecule is O=C(c1ccc(-c2ccccc2)cc1)N1CCN(S(=O)(=O)C=Cc2ccccc2)CC1. The number of sulfonamides is 1. The van der Waals surface area contributed by atoms with Crippen molar-refractivity contribution in [2.75, 3.05) is 26.2 Å². The zero-order valence-corrected chi connectivity index (χ0v) is 17.9. The van der Waals surface area contributed by atoms with Crippen molar-refractivity contribution in [1.82, 2.24) is 9.21 Å². The van der Waals surface area contributed by atoms with Gasteiger partial charge >= 0.3 is 0 Å². The Morgan fingerprint density at radius 1 is 0.710 bits per heavy atom. The second-order valence-corrected chi connectivity index (χ2v) is 9.21. The molecule has 3 aromatic carbocycles. The lowest BCUT2D eigenvalue weighted by atomic mass is 10.0. The first-order chi connectivity index (χ1) is 15.0. The number of rotatable bonds is 5. The van der Waals surface area contributed by atoms with E-state index in [2.05, 4.69) is 0 Å². The van der Waals surface area contributed by atoms with Gasteiger partial charge in [-0.3, -0.25) is 4.79 Å². The van der Waals surface area contributed by atoms with Gasteiger partial charge in [0.2, 0.25) is 10.0 Å². The van der Waals surface area contributed by atoms with Crippen molar-refractivity contribution in [3.63, 3.8) is 0 Å². The number of hydrogen-bond acceptors (Lipinski definition) is 3. The minimum atomic E-state index is -3.52. The van der Waals surface area contributed by atoms with Crippen LogP contribution in [0.15, 0.2) is 90.3 Å². The van der Waals surface area contributed by atoms with Crippen LogP contribution < -0.4 is 0 Å². The van der Waals surface area contributed by atoms with Gasteiger partial charge in [-0.1, -0.05) is 72.8 Å². The number of amides is 1. The molecule has 0 aromatic heterocycles. The van der Waals surface area contributed by atoms with E-state index in [-0.39, 0.29) is 19.0 Å². The average Bonchev–Trinajstić information content (AvgIpc) is 2.84. The highest BCUT2D eigenvalue weighted by atomic mass is 32.2.